The number of hydrogen-bond donors (Lipinski definition) is 1. The summed E-state index contributed by atoms with van der Waals surface area (Å²) in [6, 6.07) is 8.08. The first-order valence-electron chi connectivity index (χ1n) is 7.46. The van der Waals surface area contributed by atoms with Gasteiger partial charge in [0.2, 0.25) is 11.3 Å². The summed E-state index contributed by atoms with van der Waals surface area (Å²) < 4.78 is 14.4. The van der Waals surface area contributed by atoms with Gasteiger partial charge in [0, 0.05) is 17.5 Å². The predicted octanol–water partition coefficient (Wildman–Crippen LogP) is 1.56. The maximum atomic E-state index is 13.0. The van der Waals surface area contributed by atoms with E-state index < -0.39 is 22.9 Å². The molecule has 0 bridgehead atoms. The molecule has 0 saturated heterocycles. The summed E-state index contributed by atoms with van der Waals surface area (Å²) >= 11 is 0. The van der Waals surface area contributed by atoms with Crippen LogP contribution >= 0.6 is 0 Å². The highest BCUT2D eigenvalue weighted by Crippen LogP contribution is 2.14. The molecule has 0 spiro atoms. The van der Waals surface area contributed by atoms with Crippen LogP contribution in [0.4, 0.5) is 4.39 Å². The topological polar surface area (TPSA) is 95.0 Å². The van der Waals surface area contributed by atoms with Crippen LogP contribution < -0.4 is 11.2 Å². The van der Waals surface area contributed by atoms with Gasteiger partial charge in [0.15, 0.2) is 5.78 Å². The number of benzene rings is 1. The molecule has 126 valence electrons. The van der Waals surface area contributed by atoms with Crippen LogP contribution in [-0.4, -0.2) is 21.2 Å². The fraction of sp³-hybridized carbons (Fsp3) is 0.111. The van der Waals surface area contributed by atoms with E-state index in [9.17, 15) is 18.8 Å². The first kappa shape index (κ1) is 16.5. The normalized spacial score (nSPS) is 10.8. The quantitative estimate of drug-likeness (QED) is 0.730. The van der Waals surface area contributed by atoms with Gasteiger partial charge in [-0.05, 0) is 43.3 Å². The minimum Gasteiger partial charge on any atom is -0.368 e. The SMILES string of the molecule is Cc1ccc2c(=O)c(C(=O)c3ccc(F)cc3)cn(CC(N)=O)c2n1. The molecule has 3 aromatic rings. The molecule has 2 N–H and O–H groups in total. The van der Waals surface area contributed by atoms with Gasteiger partial charge in [-0.3, -0.25) is 14.4 Å². The van der Waals surface area contributed by atoms with Crippen LogP contribution in [0.25, 0.3) is 11.0 Å². The van der Waals surface area contributed by atoms with Crippen molar-refractivity contribution in [3.63, 3.8) is 0 Å². The van der Waals surface area contributed by atoms with E-state index in [0.717, 1.165) is 12.1 Å². The summed E-state index contributed by atoms with van der Waals surface area (Å²) in [5.41, 5.74) is 5.72. The molecule has 2 heterocycles. The molecule has 0 aliphatic carbocycles. The molecule has 1 amide bonds. The number of fused-ring (bicyclic) bond motifs is 1. The maximum Gasteiger partial charge on any atom is 0.237 e. The zero-order valence-electron chi connectivity index (χ0n) is 13.3. The first-order chi connectivity index (χ1) is 11.9. The van der Waals surface area contributed by atoms with Crippen LogP contribution in [0, 0.1) is 12.7 Å². The van der Waals surface area contributed by atoms with E-state index in [1.165, 1.54) is 22.9 Å². The Labute approximate surface area is 141 Å². The van der Waals surface area contributed by atoms with Gasteiger partial charge in [-0.15, -0.1) is 0 Å². The number of carbonyl (C=O) groups excluding carboxylic acids is 2. The standard InChI is InChI=1S/C18H14FN3O3/c1-10-2-7-13-17(25)14(8-22(9-15(20)23)18(13)21-10)16(24)11-3-5-12(19)6-4-11/h2-8H,9H2,1H3,(H2,20,23). The Morgan fingerprint density at radius 3 is 2.48 bits per heavy atom. The first-order valence-corrected chi connectivity index (χ1v) is 7.46. The molecule has 0 saturated carbocycles. The number of pyridine rings is 2. The Morgan fingerprint density at radius 1 is 1.16 bits per heavy atom. The van der Waals surface area contributed by atoms with Crippen molar-refractivity contribution in [2.75, 3.05) is 0 Å². The number of nitrogens with zero attached hydrogens (tertiary/aromatic N) is 2. The van der Waals surface area contributed by atoms with Crippen LogP contribution in [0.3, 0.4) is 0 Å². The van der Waals surface area contributed by atoms with Crippen molar-refractivity contribution in [1.29, 1.82) is 0 Å². The lowest BCUT2D eigenvalue weighted by molar-refractivity contribution is -0.118. The zero-order chi connectivity index (χ0) is 18.1. The highest BCUT2D eigenvalue weighted by Gasteiger charge is 2.18. The Morgan fingerprint density at radius 2 is 1.84 bits per heavy atom. The molecule has 0 atom stereocenters. The number of primary amides is 1. The summed E-state index contributed by atoms with van der Waals surface area (Å²) in [6.45, 7) is 1.52. The lowest BCUT2D eigenvalue weighted by Crippen LogP contribution is -2.25. The summed E-state index contributed by atoms with van der Waals surface area (Å²) in [6.07, 6.45) is 1.27. The molecule has 25 heavy (non-hydrogen) atoms. The average Bonchev–Trinajstić information content (AvgIpc) is 2.57. The van der Waals surface area contributed by atoms with Gasteiger partial charge in [0.1, 0.15) is 18.0 Å². The third-order valence-corrected chi connectivity index (χ3v) is 3.74. The van der Waals surface area contributed by atoms with Gasteiger partial charge >= 0.3 is 0 Å². The smallest absolute Gasteiger partial charge is 0.237 e. The Hall–Kier alpha value is -3.35. The molecule has 6 nitrogen and oxygen atoms in total. The molecular formula is C18H14FN3O3. The van der Waals surface area contributed by atoms with Crippen molar-refractivity contribution >= 4 is 22.7 Å². The van der Waals surface area contributed by atoms with Crippen molar-refractivity contribution in [2.24, 2.45) is 5.73 Å². The minimum atomic E-state index is -0.631. The number of carbonyl (C=O) groups is 2. The lowest BCUT2D eigenvalue weighted by Gasteiger charge is -2.11. The van der Waals surface area contributed by atoms with E-state index >= 15 is 0 Å². The molecule has 0 radical (unpaired) electrons. The summed E-state index contributed by atoms with van der Waals surface area (Å²) in [4.78, 5) is 41.0. The van der Waals surface area contributed by atoms with Crippen molar-refractivity contribution in [1.82, 2.24) is 9.55 Å². The van der Waals surface area contributed by atoms with Crippen molar-refractivity contribution in [2.45, 2.75) is 13.5 Å². The maximum absolute atomic E-state index is 13.0. The molecule has 3 rings (SSSR count). The van der Waals surface area contributed by atoms with Crippen LogP contribution in [0.2, 0.25) is 0 Å². The summed E-state index contributed by atoms with van der Waals surface area (Å²) in [5, 5.41) is 0.208. The second kappa shape index (κ2) is 6.27. The van der Waals surface area contributed by atoms with Gasteiger partial charge in [-0.1, -0.05) is 0 Å². The van der Waals surface area contributed by atoms with Crippen LogP contribution in [0.1, 0.15) is 21.6 Å². The molecule has 0 fully saturated rings. The number of rotatable bonds is 4. The highest BCUT2D eigenvalue weighted by atomic mass is 19.1. The molecule has 7 heteroatoms. The molecule has 0 unspecified atom stereocenters. The van der Waals surface area contributed by atoms with Crippen LogP contribution in [-0.2, 0) is 11.3 Å². The number of hydrogen-bond acceptors (Lipinski definition) is 4. The minimum absolute atomic E-state index is 0.133. The lowest BCUT2D eigenvalue weighted by atomic mass is 10.0. The number of nitrogens with two attached hydrogens (primary N) is 1. The van der Waals surface area contributed by atoms with Crippen molar-refractivity contribution in [3.8, 4) is 0 Å². The van der Waals surface area contributed by atoms with Crippen molar-refractivity contribution in [3.05, 3.63) is 75.5 Å². The van der Waals surface area contributed by atoms with Gasteiger partial charge in [0.25, 0.3) is 0 Å². The van der Waals surface area contributed by atoms with Gasteiger partial charge in [0.05, 0.1) is 10.9 Å². The molecular weight excluding hydrogens is 325 g/mol. The second-order valence-electron chi connectivity index (χ2n) is 5.63. The van der Waals surface area contributed by atoms with Crippen molar-refractivity contribution < 1.29 is 14.0 Å². The highest BCUT2D eigenvalue weighted by molar-refractivity contribution is 6.10. The van der Waals surface area contributed by atoms with E-state index in [1.54, 1.807) is 19.1 Å². The summed E-state index contributed by atoms with van der Waals surface area (Å²) in [5.74, 6) is -1.68. The Kier molecular flexibility index (Phi) is 4.14. The second-order valence-corrected chi connectivity index (χ2v) is 5.63. The van der Waals surface area contributed by atoms with Gasteiger partial charge in [-0.2, -0.15) is 0 Å². The van der Waals surface area contributed by atoms with Crippen LogP contribution in [0.15, 0.2) is 47.4 Å². The monoisotopic (exact) mass is 339 g/mol. The molecule has 0 aliphatic heterocycles. The van der Waals surface area contributed by atoms with E-state index in [1.807, 2.05) is 0 Å². The average molecular weight is 339 g/mol. The van der Waals surface area contributed by atoms with E-state index in [4.69, 9.17) is 5.73 Å². The summed E-state index contributed by atoms with van der Waals surface area (Å²) in [7, 11) is 0. The fourth-order valence-electron chi connectivity index (χ4n) is 2.57. The third-order valence-electron chi connectivity index (χ3n) is 3.74. The van der Waals surface area contributed by atoms with Crippen LogP contribution in [0.5, 0.6) is 0 Å². The fourth-order valence-corrected chi connectivity index (χ4v) is 2.57. The number of aryl methyl sites for hydroxylation is 1. The predicted molar refractivity (Wildman–Crippen MR) is 89.8 cm³/mol. The van der Waals surface area contributed by atoms with Gasteiger partial charge in [-0.25, -0.2) is 9.37 Å². The third kappa shape index (κ3) is 3.16. The van der Waals surface area contributed by atoms with E-state index in [-0.39, 0.29) is 28.7 Å². The molecule has 0 aliphatic rings. The number of amides is 1. The molecule has 2 aromatic heterocycles. The largest absolute Gasteiger partial charge is 0.368 e. The number of halogens is 1. The Balaban J connectivity index is 2.24. The molecule has 1 aromatic carbocycles. The van der Waals surface area contributed by atoms with E-state index in [2.05, 4.69) is 4.98 Å². The zero-order valence-corrected chi connectivity index (χ0v) is 13.3. The van der Waals surface area contributed by atoms with E-state index in [0.29, 0.717) is 5.69 Å². The number of aromatic nitrogens is 2. The number of ketones is 1. The Bertz CT molecular complexity index is 1060. The van der Waals surface area contributed by atoms with Gasteiger partial charge < -0.3 is 10.3 Å².